The first-order valence-corrected chi connectivity index (χ1v) is 5.90. The summed E-state index contributed by atoms with van der Waals surface area (Å²) in [6, 6.07) is 9.63. The minimum absolute atomic E-state index is 0.631. The van der Waals surface area contributed by atoms with Crippen molar-refractivity contribution in [2.24, 2.45) is 7.05 Å². The number of hydrogen-bond acceptors (Lipinski definition) is 3. The minimum Gasteiger partial charge on any atom is -0.379 e. The summed E-state index contributed by atoms with van der Waals surface area (Å²) in [5, 5.41) is 16.2. The summed E-state index contributed by atoms with van der Waals surface area (Å²) >= 11 is 3.38. The highest BCUT2D eigenvalue weighted by Gasteiger charge is 2.01. The number of halogens is 1. The van der Waals surface area contributed by atoms with E-state index in [1.54, 1.807) is 12.3 Å². The molecule has 1 N–H and O–H groups in total. The van der Waals surface area contributed by atoms with E-state index in [-0.39, 0.29) is 0 Å². The maximum absolute atomic E-state index is 8.87. The highest BCUT2D eigenvalue weighted by molar-refractivity contribution is 9.10. The molecule has 0 aliphatic heterocycles. The Hall–Kier alpha value is -1.80. The van der Waals surface area contributed by atoms with Crippen molar-refractivity contribution in [3.8, 4) is 6.07 Å². The number of nitrogens with zero attached hydrogens (tertiary/aromatic N) is 3. The van der Waals surface area contributed by atoms with Crippen molar-refractivity contribution < 1.29 is 0 Å². The molecule has 2 rings (SSSR count). The summed E-state index contributed by atoms with van der Waals surface area (Å²) in [7, 11) is 1.90. The number of anilines is 1. The molecule has 0 aliphatic rings. The maximum atomic E-state index is 8.87. The van der Waals surface area contributed by atoms with Gasteiger partial charge in [-0.15, -0.1) is 0 Å². The topological polar surface area (TPSA) is 53.6 Å². The van der Waals surface area contributed by atoms with E-state index in [1.165, 1.54) is 0 Å². The second-order valence-corrected chi connectivity index (χ2v) is 4.56. The van der Waals surface area contributed by atoms with Crippen molar-refractivity contribution >= 4 is 21.6 Å². The minimum atomic E-state index is 0.631. The zero-order chi connectivity index (χ0) is 12.3. The fraction of sp³-hybridized carbons (Fsp3) is 0.167. The van der Waals surface area contributed by atoms with Crippen LogP contribution in [0.15, 0.2) is 34.9 Å². The molecule has 0 aliphatic carbocycles. The fourth-order valence-electron chi connectivity index (χ4n) is 1.52. The standard InChI is InChI=1S/C12H11BrN4/c1-17-12(2-3-16-17)8-15-11-5-9(7-14)4-10(13)6-11/h2-6,15H,8H2,1H3. The number of nitrogens with one attached hydrogen (secondary N) is 1. The largest absolute Gasteiger partial charge is 0.379 e. The number of hydrogen-bond donors (Lipinski definition) is 1. The highest BCUT2D eigenvalue weighted by Crippen LogP contribution is 2.19. The highest BCUT2D eigenvalue weighted by atomic mass is 79.9. The van der Waals surface area contributed by atoms with Gasteiger partial charge in [-0.05, 0) is 24.3 Å². The van der Waals surface area contributed by atoms with Crippen LogP contribution in [0.3, 0.4) is 0 Å². The third-order valence-electron chi connectivity index (χ3n) is 2.42. The van der Waals surface area contributed by atoms with Gasteiger partial charge in [-0.3, -0.25) is 4.68 Å². The molecule has 0 fully saturated rings. The monoisotopic (exact) mass is 290 g/mol. The van der Waals surface area contributed by atoms with Gasteiger partial charge in [0.15, 0.2) is 0 Å². The first-order valence-electron chi connectivity index (χ1n) is 5.10. The molecule has 0 saturated heterocycles. The second-order valence-electron chi connectivity index (χ2n) is 3.64. The summed E-state index contributed by atoms with van der Waals surface area (Å²) in [5.41, 5.74) is 2.63. The van der Waals surface area contributed by atoms with Gasteiger partial charge in [-0.1, -0.05) is 15.9 Å². The van der Waals surface area contributed by atoms with Crippen molar-refractivity contribution in [3.63, 3.8) is 0 Å². The molecule has 2 aromatic rings. The van der Waals surface area contributed by atoms with Crippen LogP contribution in [-0.4, -0.2) is 9.78 Å². The number of nitriles is 1. The molecule has 1 heterocycles. The number of aryl methyl sites for hydroxylation is 1. The van der Waals surface area contributed by atoms with E-state index in [0.717, 1.165) is 15.9 Å². The third kappa shape index (κ3) is 2.86. The maximum Gasteiger partial charge on any atom is 0.0992 e. The molecule has 0 atom stereocenters. The predicted molar refractivity (Wildman–Crippen MR) is 69.4 cm³/mol. The van der Waals surface area contributed by atoms with Crippen molar-refractivity contribution in [2.75, 3.05) is 5.32 Å². The van der Waals surface area contributed by atoms with Crippen LogP contribution < -0.4 is 5.32 Å². The molecule has 5 heteroatoms. The van der Waals surface area contributed by atoms with Gasteiger partial charge in [0.25, 0.3) is 0 Å². The van der Waals surface area contributed by atoms with E-state index in [4.69, 9.17) is 5.26 Å². The van der Waals surface area contributed by atoms with E-state index in [0.29, 0.717) is 12.1 Å². The third-order valence-corrected chi connectivity index (χ3v) is 2.88. The molecule has 0 unspecified atom stereocenters. The number of aromatic nitrogens is 2. The first kappa shape index (κ1) is 11.7. The van der Waals surface area contributed by atoms with Gasteiger partial charge in [-0.25, -0.2) is 0 Å². The van der Waals surface area contributed by atoms with E-state index in [2.05, 4.69) is 32.4 Å². The zero-order valence-corrected chi connectivity index (χ0v) is 10.9. The normalized spacial score (nSPS) is 9.94. The van der Waals surface area contributed by atoms with Gasteiger partial charge in [0.05, 0.1) is 23.9 Å². The Morgan fingerprint density at radius 1 is 1.47 bits per heavy atom. The van der Waals surface area contributed by atoms with E-state index >= 15 is 0 Å². The van der Waals surface area contributed by atoms with Crippen LogP contribution in [-0.2, 0) is 13.6 Å². The summed E-state index contributed by atoms with van der Waals surface area (Å²) in [5.74, 6) is 0. The van der Waals surface area contributed by atoms with Crippen molar-refractivity contribution in [2.45, 2.75) is 6.54 Å². The number of benzene rings is 1. The first-order chi connectivity index (χ1) is 8.19. The van der Waals surface area contributed by atoms with Crippen molar-refractivity contribution in [1.29, 1.82) is 5.26 Å². The fourth-order valence-corrected chi connectivity index (χ4v) is 2.02. The lowest BCUT2D eigenvalue weighted by Crippen LogP contribution is -2.05. The Bertz CT molecular complexity index is 568. The van der Waals surface area contributed by atoms with Crippen LogP contribution >= 0.6 is 15.9 Å². The zero-order valence-electron chi connectivity index (χ0n) is 9.31. The Morgan fingerprint density at radius 3 is 2.94 bits per heavy atom. The molecule has 0 amide bonds. The molecular weight excluding hydrogens is 280 g/mol. The summed E-state index contributed by atoms with van der Waals surface area (Å²) < 4.78 is 2.71. The molecule has 1 aromatic carbocycles. The molecule has 0 saturated carbocycles. The van der Waals surface area contributed by atoms with Crippen LogP contribution in [0.1, 0.15) is 11.3 Å². The van der Waals surface area contributed by atoms with Crippen LogP contribution in [0.4, 0.5) is 5.69 Å². The molecule has 86 valence electrons. The lowest BCUT2D eigenvalue weighted by Gasteiger charge is -2.07. The lowest BCUT2D eigenvalue weighted by atomic mass is 10.2. The summed E-state index contributed by atoms with van der Waals surface area (Å²) in [6.45, 7) is 0.678. The smallest absolute Gasteiger partial charge is 0.0992 e. The van der Waals surface area contributed by atoms with E-state index in [1.807, 2.05) is 29.9 Å². The molecule has 17 heavy (non-hydrogen) atoms. The second kappa shape index (κ2) is 5.02. The van der Waals surface area contributed by atoms with Gasteiger partial charge in [0, 0.05) is 23.4 Å². The van der Waals surface area contributed by atoms with Gasteiger partial charge in [-0.2, -0.15) is 10.4 Å². The van der Waals surface area contributed by atoms with E-state index in [9.17, 15) is 0 Å². The van der Waals surface area contributed by atoms with Gasteiger partial charge in [0.2, 0.25) is 0 Å². The van der Waals surface area contributed by atoms with Gasteiger partial charge >= 0.3 is 0 Å². The lowest BCUT2D eigenvalue weighted by molar-refractivity contribution is 0.720. The molecule has 1 aromatic heterocycles. The SMILES string of the molecule is Cn1nccc1CNc1cc(Br)cc(C#N)c1. The summed E-state index contributed by atoms with van der Waals surface area (Å²) in [4.78, 5) is 0. The van der Waals surface area contributed by atoms with Crippen LogP contribution in [0, 0.1) is 11.3 Å². The van der Waals surface area contributed by atoms with Crippen LogP contribution in [0.25, 0.3) is 0 Å². The summed E-state index contributed by atoms with van der Waals surface area (Å²) in [6.07, 6.45) is 1.76. The molecule has 0 spiro atoms. The Morgan fingerprint density at radius 2 is 2.29 bits per heavy atom. The van der Waals surface area contributed by atoms with Crippen molar-refractivity contribution in [1.82, 2.24) is 9.78 Å². The van der Waals surface area contributed by atoms with Crippen molar-refractivity contribution in [3.05, 3.63) is 46.2 Å². The average Bonchev–Trinajstić information content (AvgIpc) is 2.71. The number of rotatable bonds is 3. The van der Waals surface area contributed by atoms with Gasteiger partial charge < -0.3 is 5.32 Å². The molecule has 4 nitrogen and oxygen atoms in total. The molecule has 0 radical (unpaired) electrons. The van der Waals surface area contributed by atoms with Crippen LogP contribution in [0.5, 0.6) is 0 Å². The van der Waals surface area contributed by atoms with Crippen LogP contribution in [0.2, 0.25) is 0 Å². The Labute approximate surface area is 108 Å². The average molecular weight is 291 g/mol. The molecular formula is C12H11BrN4. The Kier molecular flexibility index (Phi) is 3.45. The van der Waals surface area contributed by atoms with Gasteiger partial charge in [0.1, 0.15) is 0 Å². The Balaban J connectivity index is 2.12. The quantitative estimate of drug-likeness (QED) is 0.946. The van der Waals surface area contributed by atoms with E-state index < -0.39 is 0 Å². The molecule has 0 bridgehead atoms. The predicted octanol–water partition coefficient (Wildman–Crippen LogP) is 2.67.